The monoisotopic (exact) mass is 673 g/mol. The summed E-state index contributed by atoms with van der Waals surface area (Å²) in [4.78, 5) is 0. The van der Waals surface area contributed by atoms with Crippen LogP contribution in [0.2, 0.25) is 0 Å². The molecule has 0 radical (unpaired) electrons. The van der Waals surface area contributed by atoms with Crippen molar-refractivity contribution in [1.82, 2.24) is 0 Å². The zero-order valence-corrected chi connectivity index (χ0v) is 34.2. The molecular weight excluding hydrogens is 589 g/mol. The Morgan fingerprint density at radius 2 is 1.08 bits per heavy atom. The van der Waals surface area contributed by atoms with Crippen LogP contribution in [0.5, 0.6) is 0 Å². The zero-order chi connectivity index (χ0) is 34.2. The van der Waals surface area contributed by atoms with Gasteiger partial charge < -0.3 is 0 Å². The van der Waals surface area contributed by atoms with Crippen molar-refractivity contribution >= 4 is 0 Å². The normalized spacial score (nSPS) is 50.8. The second kappa shape index (κ2) is 14.0. The summed E-state index contributed by atoms with van der Waals surface area (Å²) < 4.78 is 0. The van der Waals surface area contributed by atoms with Crippen LogP contribution in [-0.2, 0) is 0 Å². The van der Waals surface area contributed by atoms with Gasteiger partial charge in [-0.1, -0.05) is 120 Å². The zero-order valence-electron chi connectivity index (χ0n) is 34.2. The summed E-state index contributed by atoms with van der Waals surface area (Å²) in [6, 6.07) is 0. The van der Waals surface area contributed by atoms with Crippen molar-refractivity contribution < 1.29 is 0 Å². The molecule has 0 heterocycles. The van der Waals surface area contributed by atoms with Crippen LogP contribution in [0.3, 0.4) is 0 Å². The first-order chi connectivity index (χ1) is 23.6. The molecule has 0 aromatic heterocycles. The highest BCUT2D eigenvalue weighted by Crippen LogP contribution is 2.77. The molecule has 8 rings (SSSR count). The third-order valence-electron chi connectivity index (χ3n) is 20.0. The van der Waals surface area contributed by atoms with E-state index in [-0.39, 0.29) is 0 Å². The van der Waals surface area contributed by atoms with Gasteiger partial charge in [-0.3, -0.25) is 0 Å². The molecule has 0 nitrogen and oxygen atoms in total. The van der Waals surface area contributed by atoms with Gasteiger partial charge in [0.2, 0.25) is 0 Å². The molecule has 8 aliphatic carbocycles. The van der Waals surface area contributed by atoms with Crippen LogP contribution in [-0.4, -0.2) is 0 Å². The van der Waals surface area contributed by atoms with Gasteiger partial charge in [0.1, 0.15) is 0 Å². The average molecular weight is 673 g/mol. The second-order valence-electron chi connectivity index (χ2n) is 22.6. The Balaban J connectivity index is 1.20. The van der Waals surface area contributed by atoms with E-state index in [9.17, 15) is 0 Å². The molecule has 0 heteroatoms. The minimum Gasteiger partial charge on any atom is -0.0651 e. The molecular formula is C49H84. The third kappa shape index (κ3) is 6.01. The minimum atomic E-state index is 0.487. The summed E-state index contributed by atoms with van der Waals surface area (Å²) in [6.07, 6.45) is 33.1. The molecule has 0 bridgehead atoms. The van der Waals surface area contributed by atoms with Crippen LogP contribution < -0.4 is 0 Å². The Morgan fingerprint density at radius 1 is 0.531 bits per heavy atom. The molecule has 0 aliphatic heterocycles. The molecule has 1 spiro atoms. The number of fused-ring (bicyclic) bond motifs is 12. The van der Waals surface area contributed by atoms with E-state index in [2.05, 4.69) is 55.4 Å². The Kier molecular flexibility index (Phi) is 10.3. The highest BCUT2D eigenvalue weighted by atomic mass is 14.7. The molecule has 15 unspecified atom stereocenters. The smallest absolute Gasteiger partial charge is 0.0230 e. The van der Waals surface area contributed by atoms with E-state index in [0.29, 0.717) is 10.8 Å². The molecule has 280 valence electrons. The average Bonchev–Trinajstić information content (AvgIpc) is 3.58. The fourth-order valence-corrected chi connectivity index (χ4v) is 18.6. The maximum absolute atomic E-state index is 2.79. The SMILES string of the molecule is CCC(CC)C1CC2(CC(C(CC)CC)C1C)C1CCC3C(CC(C)(C)C)CCCC3C1C1C3CC4CC5CCCCC5CC4C3CCC12. The first kappa shape index (κ1) is 36.0. The Hall–Kier alpha value is 0. The minimum absolute atomic E-state index is 0.487. The maximum Gasteiger partial charge on any atom is -0.0230 e. The van der Waals surface area contributed by atoms with Gasteiger partial charge in [0.25, 0.3) is 0 Å². The first-order valence-electron chi connectivity index (χ1n) is 23.6. The van der Waals surface area contributed by atoms with Gasteiger partial charge in [0.05, 0.1) is 0 Å². The van der Waals surface area contributed by atoms with E-state index in [1.165, 1.54) is 32.1 Å². The van der Waals surface area contributed by atoms with E-state index in [1.807, 2.05) is 0 Å². The van der Waals surface area contributed by atoms with Gasteiger partial charge in [-0.2, -0.15) is 0 Å². The second-order valence-corrected chi connectivity index (χ2v) is 22.6. The van der Waals surface area contributed by atoms with Crippen LogP contribution in [0.1, 0.15) is 190 Å². The molecule has 0 saturated heterocycles. The van der Waals surface area contributed by atoms with Crippen molar-refractivity contribution in [3.05, 3.63) is 0 Å². The predicted molar refractivity (Wildman–Crippen MR) is 210 cm³/mol. The molecule has 0 aromatic carbocycles. The Bertz CT molecular complexity index is 1080. The van der Waals surface area contributed by atoms with E-state index in [4.69, 9.17) is 0 Å². The summed E-state index contributed by atoms with van der Waals surface area (Å²) >= 11 is 0. The number of rotatable bonds is 7. The van der Waals surface area contributed by atoms with Gasteiger partial charge in [0, 0.05) is 0 Å². The summed E-state index contributed by atoms with van der Waals surface area (Å²) in [5.74, 6) is 19.0. The summed E-state index contributed by atoms with van der Waals surface area (Å²) in [5.41, 5.74) is 1.16. The summed E-state index contributed by atoms with van der Waals surface area (Å²) in [5, 5.41) is 0. The standard InChI is InChI=1S/C49H84/c1-9-31(10-2)42-28-49(29-43(30(42)5)32(11-3)12-4)44-22-20-37-35(27-48(6,7)8)18-15-19-39(37)46(44)47-41-26-36-24-33-16-13-14-17-34(33)25-40(36)38(41)21-23-45(47)49/h30-47H,9-29H2,1-8H3. The Morgan fingerprint density at radius 3 is 1.67 bits per heavy atom. The van der Waals surface area contributed by atoms with Crippen molar-refractivity contribution in [3.8, 4) is 0 Å². The lowest BCUT2D eigenvalue weighted by molar-refractivity contribution is -0.0894. The number of hydrogen-bond acceptors (Lipinski definition) is 0. The molecule has 0 amide bonds. The number of hydrogen-bond donors (Lipinski definition) is 0. The fraction of sp³-hybridized carbons (Fsp3) is 1.00. The largest absolute Gasteiger partial charge is 0.0651 e. The van der Waals surface area contributed by atoms with Crippen LogP contribution >= 0.6 is 0 Å². The molecule has 8 saturated carbocycles. The van der Waals surface area contributed by atoms with Crippen molar-refractivity contribution in [2.24, 2.45) is 117 Å². The van der Waals surface area contributed by atoms with Crippen LogP contribution in [0.4, 0.5) is 0 Å². The van der Waals surface area contributed by atoms with Crippen molar-refractivity contribution in [2.45, 2.75) is 190 Å². The molecule has 0 aromatic rings. The van der Waals surface area contributed by atoms with Crippen molar-refractivity contribution in [1.29, 1.82) is 0 Å². The van der Waals surface area contributed by atoms with E-state index < -0.39 is 0 Å². The van der Waals surface area contributed by atoms with Gasteiger partial charge in [-0.25, -0.2) is 0 Å². The van der Waals surface area contributed by atoms with Gasteiger partial charge >= 0.3 is 0 Å². The van der Waals surface area contributed by atoms with E-state index >= 15 is 0 Å². The van der Waals surface area contributed by atoms with Crippen molar-refractivity contribution in [2.75, 3.05) is 0 Å². The molecule has 8 aliphatic rings. The van der Waals surface area contributed by atoms with Crippen LogP contribution in [0.15, 0.2) is 0 Å². The first-order valence-corrected chi connectivity index (χ1v) is 23.6. The molecule has 8 fully saturated rings. The lowest BCUT2D eigenvalue weighted by atomic mass is 9.47. The lowest BCUT2D eigenvalue weighted by Gasteiger charge is -2.58. The quantitative estimate of drug-likeness (QED) is 0.252. The predicted octanol–water partition coefficient (Wildman–Crippen LogP) is 14.5. The van der Waals surface area contributed by atoms with Gasteiger partial charge in [-0.15, -0.1) is 0 Å². The maximum atomic E-state index is 2.79. The van der Waals surface area contributed by atoms with Crippen LogP contribution in [0, 0.1) is 117 Å². The summed E-state index contributed by atoms with van der Waals surface area (Å²) in [6.45, 7) is 20.7. The molecule has 15 atom stereocenters. The highest BCUT2D eigenvalue weighted by Gasteiger charge is 2.70. The van der Waals surface area contributed by atoms with E-state index in [1.54, 1.807) is 103 Å². The highest BCUT2D eigenvalue weighted by molar-refractivity contribution is 5.18. The third-order valence-corrected chi connectivity index (χ3v) is 20.0. The fourth-order valence-electron chi connectivity index (χ4n) is 18.6. The van der Waals surface area contributed by atoms with Crippen LogP contribution in [0.25, 0.3) is 0 Å². The molecule has 0 N–H and O–H groups in total. The van der Waals surface area contributed by atoms with Gasteiger partial charge in [0.15, 0.2) is 0 Å². The van der Waals surface area contributed by atoms with Crippen molar-refractivity contribution in [3.63, 3.8) is 0 Å². The topological polar surface area (TPSA) is 0 Å². The Labute approximate surface area is 306 Å². The lowest BCUT2D eigenvalue weighted by Crippen LogP contribution is -2.50. The van der Waals surface area contributed by atoms with Gasteiger partial charge in [-0.05, 0) is 188 Å². The van der Waals surface area contributed by atoms with E-state index in [0.717, 1.165) is 107 Å². The molecule has 49 heavy (non-hydrogen) atoms. The summed E-state index contributed by atoms with van der Waals surface area (Å²) in [7, 11) is 0.